The largest absolute Gasteiger partial charge is 0.342 e. The van der Waals surface area contributed by atoms with Gasteiger partial charge in [0.1, 0.15) is 5.82 Å². The van der Waals surface area contributed by atoms with Gasteiger partial charge in [-0.1, -0.05) is 81.1 Å². The lowest BCUT2D eigenvalue weighted by Crippen LogP contribution is -2.53. The zero-order chi connectivity index (χ0) is 33.1. The van der Waals surface area contributed by atoms with Gasteiger partial charge in [-0.05, 0) is 73.7 Å². The summed E-state index contributed by atoms with van der Waals surface area (Å²) >= 11 is 0. The topological polar surface area (TPSA) is 102 Å². The van der Waals surface area contributed by atoms with E-state index < -0.39 is 0 Å². The van der Waals surface area contributed by atoms with Crippen LogP contribution in [0.5, 0.6) is 0 Å². The maximum atomic E-state index is 12.3. The summed E-state index contributed by atoms with van der Waals surface area (Å²) in [6, 6.07) is 16.5. The number of amides is 1. The molecular weight excluding hydrogens is 572 g/mol. The summed E-state index contributed by atoms with van der Waals surface area (Å²) in [5.41, 5.74) is 11.4. The number of carbonyl (C=O) groups excluding carboxylic acids is 1. The molecule has 0 aliphatic carbocycles. The van der Waals surface area contributed by atoms with Gasteiger partial charge in [0.25, 0.3) is 0 Å². The van der Waals surface area contributed by atoms with Crippen molar-refractivity contribution >= 4 is 29.6 Å². The van der Waals surface area contributed by atoms with Gasteiger partial charge >= 0.3 is 0 Å². The van der Waals surface area contributed by atoms with E-state index in [1.807, 2.05) is 67.4 Å². The molecule has 2 aromatic carbocycles. The Bertz CT molecular complexity index is 1510. The molecule has 1 fully saturated rings. The number of nitrogens with zero attached hydrogens (tertiary/aromatic N) is 5. The number of benzene rings is 2. The number of hydrogen-bond acceptors (Lipinski definition) is 6. The molecule has 1 saturated heterocycles. The highest BCUT2D eigenvalue weighted by Crippen LogP contribution is 2.22. The van der Waals surface area contributed by atoms with E-state index >= 15 is 0 Å². The molecule has 2 aromatic rings. The molecular formula is C37H50N8O. The van der Waals surface area contributed by atoms with E-state index in [4.69, 9.17) is 15.7 Å². The van der Waals surface area contributed by atoms with Crippen molar-refractivity contribution in [1.82, 2.24) is 20.0 Å². The number of guanidine groups is 2. The van der Waals surface area contributed by atoms with Gasteiger partial charge in [-0.2, -0.15) is 4.99 Å². The Morgan fingerprint density at radius 1 is 1.15 bits per heavy atom. The number of piperidine rings is 1. The first-order valence-corrected chi connectivity index (χ1v) is 16.1. The van der Waals surface area contributed by atoms with E-state index in [0.717, 1.165) is 66.5 Å². The lowest BCUT2D eigenvalue weighted by Gasteiger charge is -2.38. The minimum Gasteiger partial charge on any atom is -0.342 e. The Morgan fingerprint density at radius 3 is 2.59 bits per heavy atom. The van der Waals surface area contributed by atoms with Crippen LogP contribution >= 0.6 is 0 Å². The third-order valence-electron chi connectivity index (χ3n) is 8.08. The van der Waals surface area contributed by atoms with Crippen LogP contribution in [0.4, 0.5) is 5.69 Å². The van der Waals surface area contributed by atoms with Crippen LogP contribution in [0.25, 0.3) is 6.08 Å². The summed E-state index contributed by atoms with van der Waals surface area (Å²) in [6.07, 6.45) is 12.2. The fourth-order valence-corrected chi connectivity index (χ4v) is 5.42. The molecule has 0 radical (unpaired) electrons. The summed E-state index contributed by atoms with van der Waals surface area (Å²) in [7, 11) is 5.94. The number of likely N-dealkylation sites (N-methyl/N-ethyl adjacent to an activating group) is 1. The molecule has 0 unspecified atom stereocenters. The van der Waals surface area contributed by atoms with Gasteiger partial charge in [0.2, 0.25) is 17.8 Å². The minimum absolute atomic E-state index is 0.137. The first-order chi connectivity index (χ1) is 22.1. The average Bonchev–Trinajstić information content (AvgIpc) is 3.02. The van der Waals surface area contributed by atoms with Crippen molar-refractivity contribution in [2.45, 2.75) is 45.7 Å². The van der Waals surface area contributed by atoms with Crippen molar-refractivity contribution < 1.29 is 4.79 Å². The molecule has 2 aliphatic rings. The van der Waals surface area contributed by atoms with Gasteiger partial charge in [0.15, 0.2) is 0 Å². The Balaban J connectivity index is 1.50. The van der Waals surface area contributed by atoms with Crippen molar-refractivity contribution in [3.63, 3.8) is 0 Å². The van der Waals surface area contributed by atoms with E-state index in [-0.39, 0.29) is 17.9 Å². The van der Waals surface area contributed by atoms with Crippen LogP contribution in [-0.2, 0) is 17.8 Å². The molecule has 0 aromatic heterocycles. The quantitative estimate of drug-likeness (QED) is 0.297. The lowest BCUT2D eigenvalue weighted by molar-refractivity contribution is -0.111. The van der Waals surface area contributed by atoms with Crippen LogP contribution in [0.2, 0.25) is 0 Å². The standard InChI is InChI=1S/C37H50N8O/c1-7-33(27(2)3)35-41-37(45-23-20-31(38)21-24-45)42-36(44(35)6)39-26-30-16-9-8-15-29(30)17-10-13-28-14-11-18-32(25-28)40-34(46)19-12-22-43(4)5/h7-16,18-19,25,27,31H,1,17,20-24,26,38H2,2-6H3,(H,40,46)(H,39,41,42)/b13-10-,19-12+,35-33+. The highest BCUT2D eigenvalue weighted by molar-refractivity contribution is 6.00. The Hall–Kier alpha value is -4.47. The summed E-state index contributed by atoms with van der Waals surface area (Å²) in [6.45, 7) is 11.4. The molecule has 9 nitrogen and oxygen atoms in total. The van der Waals surface area contributed by atoms with Crippen LogP contribution in [-0.4, -0.2) is 79.3 Å². The summed E-state index contributed by atoms with van der Waals surface area (Å²) in [5, 5.41) is 6.52. The highest BCUT2D eigenvalue weighted by atomic mass is 16.1. The van der Waals surface area contributed by atoms with Gasteiger partial charge in [-0.15, -0.1) is 0 Å². The number of hydrogen-bond donors (Lipinski definition) is 3. The van der Waals surface area contributed by atoms with Crippen molar-refractivity contribution in [1.29, 1.82) is 0 Å². The average molecular weight is 623 g/mol. The van der Waals surface area contributed by atoms with Crippen LogP contribution < -0.4 is 16.4 Å². The van der Waals surface area contributed by atoms with E-state index in [0.29, 0.717) is 19.0 Å². The number of allylic oxidation sites excluding steroid dienone is 3. The van der Waals surface area contributed by atoms with Gasteiger partial charge in [-0.25, -0.2) is 4.99 Å². The molecule has 2 aliphatic heterocycles. The van der Waals surface area contributed by atoms with Gasteiger partial charge < -0.3 is 26.2 Å². The molecule has 46 heavy (non-hydrogen) atoms. The van der Waals surface area contributed by atoms with Crippen LogP contribution in [0.1, 0.15) is 43.4 Å². The van der Waals surface area contributed by atoms with Gasteiger partial charge in [0.05, 0.1) is 6.54 Å². The van der Waals surface area contributed by atoms with Crippen LogP contribution in [0.15, 0.2) is 101 Å². The molecule has 4 N–H and O–H groups in total. The Kier molecular flexibility index (Phi) is 12.5. The van der Waals surface area contributed by atoms with Gasteiger partial charge in [0, 0.05) is 44.5 Å². The first kappa shape index (κ1) is 34.4. The number of likely N-dealkylation sites (tertiary alicyclic amines) is 1. The van der Waals surface area contributed by atoms with E-state index in [1.54, 1.807) is 6.08 Å². The second kappa shape index (κ2) is 16.7. The number of nitrogens with two attached hydrogens (primary N) is 1. The number of rotatable bonds is 11. The lowest BCUT2D eigenvalue weighted by atomic mass is 10.0. The van der Waals surface area contributed by atoms with Crippen molar-refractivity contribution in [2.75, 3.05) is 46.1 Å². The van der Waals surface area contributed by atoms with Crippen LogP contribution in [0.3, 0.4) is 0 Å². The third-order valence-corrected chi connectivity index (χ3v) is 8.08. The SMILES string of the molecule is C=C/C(=C1/NC(N2CCC(N)CC2)=NC(=NCc2ccccc2C/C=C\c2cccc(NC(=O)/C=C/CN(C)C)c2)N1C)C(C)C. The van der Waals surface area contributed by atoms with Gasteiger partial charge in [-0.3, -0.25) is 9.69 Å². The van der Waals surface area contributed by atoms with E-state index in [1.165, 1.54) is 5.56 Å². The number of aliphatic imine (C=N–C) groups is 2. The predicted molar refractivity (Wildman–Crippen MR) is 192 cm³/mol. The van der Waals surface area contributed by atoms with Crippen molar-refractivity contribution in [2.24, 2.45) is 21.6 Å². The molecule has 0 bridgehead atoms. The Labute approximate surface area is 275 Å². The maximum absolute atomic E-state index is 12.3. The monoisotopic (exact) mass is 622 g/mol. The molecule has 4 rings (SSSR count). The maximum Gasteiger partial charge on any atom is 0.248 e. The van der Waals surface area contributed by atoms with E-state index in [9.17, 15) is 4.79 Å². The molecule has 0 saturated carbocycles. The fraction of sp³-hybridized carbons (Fsp3) is 0.378. The second-order valence-electron chi connectivity index (χ2n) is 12.4. The van der Waals surface area contributed by atoms with Crippen molar-refractivity contribution in [3.05, 3.63) is 107 Å². The molecule has 1 amide bonds. The first-order valence-electron chi connectivity index (χ1n) is 16.1. The predicted octanol–water partition coefficient (Wildman–Crippen LogP) is 5.22. The summed E-state index contributed by atoms with van der Waals surface area (Å²) in [5.74, 6) is 2.59. The zero-order valence-electron chi connectivity index (χ0n) is 28.0. The molecule has 244 valence electrons. The molecule has 0 atom stereocenters. The third kappa shape index (κ3) is 9.76. The summed E-state index contributed by atoms with van der Waals surface area (Å²) < 4.78 is 0. The second-order valence-corrected chi connectivity index (χ2v) is 12.4. The smallest absolute Gasteiger partial charge is 0.248 e. The summed E-state index contributed by atoms with van der Waals surface area (Å²) in [4.78, 5) is 28.6. The molecule has 2 heterocycles. The Morgan fingerprint density at radius 2 is 1.89 bits per heavy atom. The van der Waals surface area contributed by atoms with Crippen molar-refractivity contribution in [3.8, 4) is 0 Å². The fourth-order valence-electron chi connectivity index (χ4n) is 5.42. The number of anilines is 1. The highest BCUT2D eigenvalue weighted by Gasteiger charge is 2.28. The molecule has 0 spiro atoms. The van der Waals surface area contributed by atoms with E-state index in [2.05, 4.69) is 72.4 Å². The number of nitrogens with one attached hydrogen (secondary N) is 2. The van der Waals surface area contributed by atoms with Crippen LogP contribution in [0, 0.1) is 5.92 Å². The normalized spacial score (nSPS) is 18.1. The number of carbonyl (C=O) groups is 1. The molecule has 9 heteroatoms. The zero-order valence-corrected chi connectivity index (χ0v) is 28.0. The minimum atomic E-state index is -0.137.